The van der Waals surface area contributed by atoms with Gasteiger partial charge in [-0.3, -0.25) is 4.90 Å². The van der Waals surface area contributed by atoms with Crippen LogP contribution in [0.3, 0.4) is 0 Å². The zero-order valence-corrected chi connectivity index (χ0v) is 19.2. The van der Waals surface area contributed by atoms with Crippen LogP contribution in [0.25, 0.3) is 16.8 Å². The van der Waals surface area contributed by atoms with Gasteiger partial charge in [-0.1, -0.05) is 65.9 Å². The monoisotopic (exact) mass is 442 g/mol. The first-order valence-electron chi connectivity index (χ1n) is 11.2. The lowest BCUT2D eigenvalue weighted by Gasteiger charge is -2.15. The van der Waals surface area contributed by atoms with E-state index < -0.39 is 0 Å². The second-order valence-electron chi connectivity index (χ2n) is 8.23. The quantitative estimate of drug-likeness (QED) is 0.395. The van der Waals surface area contributed by atoms with Crippen LogP contribution in [0.2, 0.25) is 0 Å². The standard InChI is InChI=1S/C27H30N4O2/c1-21-24(11-7-13-27(21)23-9-4-3-5-10-23)19-33-20-25-18-31(29-28-25)26-12-6-8-22(16-26)17-30(2)14-15-32/h3-13,16,18,32H,14-15,17,19-20H2,1-2H3. The molecule has 0 aliphatic heterocycles. The number of hydrogen-bond acceptors (Lipinski definition) is 5. The van der Waals surface area contributed by atoms with E-state index in [0.29, 0.717) is 19.8 Å². The van der Waals surface area contributed by atoms with Gasteiger partial charge in [-0.25, -0.2) is 4.68 Å². The second-order valence-corrected chi connectivity index (χ2v) is 8.23. The van der Waals surface area contributed by atoms with Crippen molar-refractivity contribution in [1.29, 1.82) is 0 Å². The first kappa shape index (κ1) is 22.9. The maximum Gasteiger partial charge on any atom is 0.109 e. The molecule has 4 aromatic rings. The third-order valence-corrected chi connectivity index (χ3v) is 5.69. The van der Waals surface area contributed by atoms with Crippen molar-refractivity contribution in [3.63, 3.8) is 0 Å². The molecule has 0 aliphatic rings. The van der Waals surface area contributed by atoms with Crippen molar-refractivity contribution in [2.24, 2.45) is 0 Å². The van der Waals surface area contributed by atoms with Crippen molar-refractivity contribution in [2.75, 3.05) is 20.2 Å². The van der Waals surface area contributed by atoms with Gasteiger partial charge >= 0.3 is 0 Å². The van der Waals surface area contributed by atoms with Gasteiger partial charge < -0.3 is 9.84 Å². The van der Waals surface area contributed by atoms with Gasteiger partial charge in [-0.15, -0.1) is 5.10 Å². The number of nitrogens with zero attached hydrogens (tertiary/aromatic N) is 4. The highest BCUT2D eigenvalue weighted by atomic mass is 16.5. The average molecular weight is 443 g/mol. The number of ether oxygens (including phenoxy) is 1. The summed E-state index contributed by atoms with van der Waals surface area (Å²) in [6, 6.07) is 24.9. The number of rotatable bonds is 10. The van der Waals surface area contributed by atoms with Crippen LogP contribution in [-0.2, 0) is 24.5 Å². The van der Waals surface area contributed by atoms with Crippen molar-refractivity contribution >= 4 is 0 Å². The molecule has 6 nitrogen and oxygen atoms in total. The lowest BCUT2D eigenvalue weighted by atomic mass is 9.97. The molecule has 1 heterocycles. The minimum absolute atomic E-state index is 0.151. The molecule has 0 amide bonds. The van der Waals surface area contributed by atoms with Gasteiger partial charge in [0.1, 0.15) is 5.69 Å². The summed E-state index contributed by atoms with van der Waals surface area (Å²) in [4.78, 5) is 2.08. The maximum atomic E-state index is 9.10. The number of aliphatic hydroxyl groups excluding tert-OH is 1. The molecule has 0 aliphatic carbocycles. The molecular weight excluding hydrogens is 412 g/mol. The molecule has 4 rings (SSSR count). The second kappa shape index (κ2) is 11.0. The smallest absolute Gasteiger partial charge is 0.109 e. The summed E-state index contributed by atoms with van der Waals surface area (Å²) in [6.07, 6.45) is 1.91. The highest BCUT2D eigenvalue weighted by molar-refractivity contribution is 5.68. The molecule has 6 heteroatoms. The van der Waals surface area contributed by atoms with Gasteiger partial charge in [0.05, 0.1) is 31.7 Å². The molecule has 1 aromatic heterocycles. The van der Waals surface area contributed by atoms with Crippen molar-refractivity contribution < 1.29 is 9.84 Å². The topological polar surface area (TPSA) is 63.4 Å². The predicted molar refractivity (Wildman–Crippen MR) is 130 cm³/mol. The van der Waals surface area contributed by atoms with E-state index in [9.17, 15) is 0 Å². The third-order valence-electron chi connectivity index (χ3n) is 5.69. The van der Waals surface area contributed by atoms with E-state index in [-0.39, 0.29) is 6.61 Å². The summed E-state index contributed by atoms with van der Waals surface area (Å²) < 4.78 is 7.76. The minimum atomic E-state index is 0.151. The van der Waals surface area contributed by atoms with Crippen molar-refractivity contribution in [1.82, 2.24) is 19.9 Å². The Bertz CT molecular complexity index is 1170. The predicted octanol–water partition coefficient (Wildman–Crippen LogP) is 4.38. The molecule has 33 heavy (non-hydrogen) atoms. The van der Waals surface area contributed by atoms with E-state index >= 15 is 0 Å². The Hall–Kier alpha value is -3.32. The van der Waals surface area contributed by atoms with Gasteiger partial charge in [0.2, 0.25) is 0 Å². The SMILES string of the molecule is Cc1c(COCc2cn(-c3cccc(CN(C)CCO)c3)nn2)cccc1-c1ccccc1. The van der Waals surface area contributed by atoms with Crippen molar-refractivity contribution in [3.8, 4) is 16.8 Å². The van der Waals surface area contributed by atoms with E-state index in [4.69, 9.17) is 9.84 Å². The summed E-state index contributed by atoms with van der Waals surface area (Å²) in [5, 5.41) is 17.6. The Balaban J connectivity index is 1.38. The molecule has 170 valence electrons. The molecular formula is C27H30N4O2. The van der Waals surface area contributed by atoms with Crippen LogP contribution < -0.4 is 0 Å². The number of benzene rings is 3. The van der Waals surface area contributed by atoms with Crippen LogP contribution in [0.15, 0.2) is 79.0 Å². The largest absolute Gasteiger partial charge is 0.395 e. The number of likely N-dealkylation sites (N-methyl/N-ethyl adjacent to an activating group) is 1. The average Bonchev–Trinajstić information content (AvgIpc) is 3.30. The molecule has 0 radical (unpaired) electrons. The zero-order chi connectivity index (χ0) is 23.0. The van der Waals surface area contributed by atoms with E-state index in [1.54, 1.807) is 4.68 Å². The van der Waals surface area contributed by atoms with Gasteiger partial charge in [-0.05, 0) is 53.9 Å². The Morgan fingerprint density at radius 3 is 2.61 bits per heavy atom. The van der Waals surface area contributed by atoms with Crippen LogP contribution in [0, 0.1) is 6.92 Å². The van der Waals surface area contributed by atoms with Gasteiger partial charge in [0.15, 0.2) is 0 Å². The van der Waals surface area contributed by atoms with Gasteiger partial charge in [0, 0.05) is 13.1 Å². The fourth-order valence-corrected chi connectivity index (χ4v) is 3.89. The summed E-state index contributed by atoms with van der Waals surface area (Å²) in [5.41, 5.74) is 7.74. The highest BCUT2D eigenvalue weighted by Crippen LogP contribution is 2.26. The van der Waals surface area contributed by atoms with Crippen molar-refractivity contribution in [2.45, 2.75) is 26.7 Å². The number of aromatic nitrogens is 3. The number of hydrogen-bond donors (Lipinski definition) is 1. The summed E-state index contributed by atoms with van der Waals surface area (Å²) in [6.45, 7) is 4.62. The molecule has 3 aromatic carbocycles. The molecule has 0 fully saturated rings. The van der Waals surface area contributed by atoms with E-state index in [1.165, 1.54) is 22.3 Å². The van der Waals surface area contributed by atoms with Crippen LogP contribution >= 0.6 is 0 Å². The fourth-order valence-electron chi connectivity index (χ4n) is 3.89. The highest BCUT2D eigenvalue weighted by Gasteiger charge is 2.08. The third kappa shape index (κ3) is 5.93. The Labute approximate surface area is 195 Å². The first-order chi connectivity index (χ1) is 16.1. The zero-order valence-electron chi connectivity index (χ0n) is 19.2. The van der Waals surface area contributed by atoms with E-state index in [2.05, 4.69) is 76.7 Å². The molecule has 0 bridgehead atoms. The molecule has 0 saturated heterocycles. The molecule has 0 atom stereocenters. The number of aliphatic hydroxyl groups is 1. The van der Waals surface area contributed by atoms with Gasteiger partial charge in [0.25, 0.3) is 0 Å². The normalized spacial score (nSPS) is 11.3. The fraction of sp³-hybridized carbons (Fsp3) is 0.259. The van der Waals surface area contributed by atoms with Crippen LogP contribution in [0.1, 0.15) is 22.4 Å². The lowest BCUT2D eigenvalue weighted by molar-refractivity contribution is 0.104. The summed E-state index contributed by atoms with van der Waals surface area (Å²) in [7, 11) is 1.99. The molecule has 0 unspecified atom stereocenters. The van der Waals surface area contributed by atoms with Crippen molar-refractivity contribution in [3.05, 3.63) is 101 Å². The Morgan fingerprint density at radius 2 is 1.79 bits per heavy atom. The molecule has 0 saturated carbocycles. The maximum absolute atomic E-state index is 9.10. The summed E-state index contributed by atoms with van der Waals surface area (Å²) in [5.74, 6) is 0. The lowest BCUT2D eigenvalue weighted by Crippen LogP contribution is -2.21. The Morgan fingerprint density at radius 1 is 0.970 bits per heavy atom. The molecule has 0 spiro atoms. The van der Waals surface area contributed by atoms with Crippen LogP contribution in [0.4, 0.5) is 0 Å². The summed E-state index contributed by atoms with van der Waals surface area (Å²) >= 11 is 0. The van der Waals surface area contributed by atoms with Crippen LogP contribution in [0.5, 0.6) is 0 Å². The van der Waals surface area contributed by atoms with Gasteiger partial charge in [-0.2, -0.15) is 0 Å². The first-order valence-corrected chi connectivity index (χ1v) is 11.2. The molecule has 1 N–H and O–H groups in total. The minimum Gasteiger partial charge on any atom is -0.395 e. The Kier molecular flexibility index (Phi) is 7.62. The van der Waals surface area contributed by atoms with Crippen LogP contribution in [-0.4, -0.2) is 45.2 Å². The van der Waals surface area contributed by atoms with E-state index in [0.717, 1.165) is 23.5 Å². The van der Waals surface area contributed by atoms with E-state index in [1.807, 2.05) is 31.4 Å².